The molecular weight excluding hydrogens is 226 g/mol. The van der Waals surface area contributed by atoms with Crippen molar-refractivity contribution in [3.63, 3.8) is 0 Å². The van der Waals surface area contributed by atoms with Gasteiger partial charge in [0, 0.05) is 18.6 Å². The van der Waals surface area contributed by atoms with Crippen molar-refractivity contribution >= 4 is 22.7 Å². The summed E-state index contributed by atoms with van der Waals surface area (Å²) in [6, 6.07) is 1.92. The maximum Gasteiger partial charge on any atom is 0.197 e. The minimum Gasteiger partial charge on any atom is -0.441 e. The maximum absolute atomic E-state index is 6.16. The van der Waals surface area contributed by atoms with Crippen LogP contribution < -0.4 is 0 Å². The Morgan fingerprint density at radius 3 is 2.88 bits per heavy atom. The van der Waals surface area contributed by atoms with Gasteiger partial charge in [0.15, 0.2) is 11.5 Å². The first-order chi connectivity index (χ1) is 7.63. The molecule has 0 saturated carbocycles. The van der Waals surface area contributed by atoms with Crippen molar-refractivity contribution in [1.82, 2.24) is 4.98 Å². The van der Waals surface area contributed by atoms with Crippen LogP contribution in [0.15, 0.2) is 10.5 Å². The lowest BCUT2D eigenvalue weighted by Crippen LogP contribution is -1.93. The van der Waals surface area contributed by atoms with Gasteiger partial charge in [-0.15, -0.1) is 0 Å². The van der Waals surface area contributed by atoms with Gasteiger partial charge in [-0.05, 0) is 31.0 Å². The second-order valence-electron chi connectivity index (χ2n) is 3.83. The number of hydrogen-bond donors (Lipinski definition) is 0. The second kappa shape index (κ2) is 4.44. The molecular formula is C12H14ClNO2. The molecule has 1 aromatic carbocycles. The lowest BCUT2D eigenvalue weighted by Gasteiger charge is -2.00. The number of fused-ring (bicyclic) bond motifs is 1. The van der Waals surface area contributed by atoms with Crippen LogP contribution in [0.3, 0.4) is 0 Å². The van der Waals surface area contributed by atoms with Gasteiger partial charge in [0.1, 0.15) is 5.52 Å². The van der Waals surface area contributed by atoms with Crippen LogP contribution in [0.2, 0.25) is 5.02 Å². The Balaban J connectivity index is 2.49. The fourth-order valence-electron chi connectivity index (χ4n) is 1.70. The number of oxazole rings is 1. The fourth-order valence-corrected chi connectivity index (χ4v) is 1.84. The molecule has 3 nitrogen and oxygen atoms in total. The maximum atomic E-state index is 6.16. The lowest BCUT2D eigenvalue weighted by molar-refractivity contribution is 0.196. The van der Waals surface area contributed by atoms with Gasteiger partial charge in [0.25, 0.3) is 0 Å². The Morgan fingerprint density at radius 2 is 2.19 bits per heavy atom. The molecule has 0 unspecified atom stereocenters. The van der Waals surface area contributed by atoms with Crippen molar-refractivity contribution in [2.24, 2.45) is 0 Å². The van der Waals surface area contributed by atoms with Crippen LogP contribution in [0.5, 0.6) is 0 Å². The number of methoxy groups -OCH3 is 1. The number of nitrogens with zero attached hydrogens (tertiary/aromatic N) is 1. The molecule has 0 bridgehead atoms. The van der Waals surface area contributed by atoms with Crippen LogP contribution in [0.25, 0.3) is 11.1 Å². The monoisotopic (exact) mass is 239 g/mol. The van der Waals surface area contributed by atoms with E-state index in [9.17, 15) is 0 Å². The Labute approximate surface area is 99.4 Å². The third kappa shape index (κ3) is 1.93. The van der Waals surface area contributed by atoms with Crippen LogP contribution in [0, 0.1) is 13.8 Å². The van der Waals surface area contributed by atoms with Crippen molar-refractivity contribution in [1.29, 1.82) is 0 Å². The summed E-state index contributed by atoms with van der Waals surface area (Å²) in [5.74, 6) is 0.696. The van der Waals surface area contributed by atoms with E-state index in [2.05, 4.69) is 4.98 Å². The topological polar surface area (TPSA) is 35.3 Å². The summed E-state index contributed by atoms with van der Waals surface area (Å²) in [6.07, 6.45) is 0.682. The molecule has 4 heteroatoms. The third-order valence-electron chi connectivity index (χ3n) is 2.60. The van der Waals surface area contributed by atoms with Crippen LogP contribution in [0.4, 0.5) is 0 Å². The molecule has 0 radical (unpaired) electrons. The first-order valence-corrected chi connectivity index (χ1v) is 5.55. The van der Waals surface area contributed by atoms with E-state index in [1.165, 1.54) is 0 Å². The Morgan fingerprint density at radius 1 is 1.44 bits per heavy atom. The number of ether oxygens (including phenoxy) is 1. The molecule has 0 aliphatic heterocycles. The largest absolute Gasteiger partial charge is 0.441 e. The van der Waals surface area contributed by atoms with E-state index >= 15 is 0 Å². The van der Waals surface area contributed by atoms with Crippen LogP contribution in [-0.2, 0) is 11.2 Å². The van der Waals surface area contributed by atoms with E-state index in [0.29, 0.717) is 18.9 Å². The minimum atomic E-state index is 0.610. The summed E-state index contributed by atoms with van der Waals surface area (Å²) in [4.78, 5) is 4.42. The molecule has 1 heterocycles. The molecule has 0 amide bonds. The first-order valence-electron chi connectivity index (χ1n) is 5.17. The van der Waals surface area contributed by atoms with Gasteiger partial charge >= 0.3 is 0 Å². The van der Waals surface area contributed by atoms with Crippen molar-refractivity contribution < 1.29 is 9.15 Å². The van der Waals surface area contributed by atoms with Gasteiger partial charge in [0.2, 0.25) is 0 Å². The predicted octanol–water partition coefficient (Wildman–Crippen LogP) is 3.29. The normalized spacial score (nSPS) is 11.2. The van der Waals surface area contributed by atoms with Gasteiger partial charge in [-0.25, -0.2) is 4.98 Å². The van der Waals surface area contributed by atoms with Crippen molar-refractivity contribution in [2.45, 2.75) is 20.3 Å². The van der Waals surface area contributed by atoms with Gasteiger partial charge in [-0.2, -0.15) is 0 Å². The average Bonchev–Trinajstić information content (AvgIpc) is 2.66. The number of aryl methyl sites for hydroxylation is 2. The molecule has 0 N–H and O–H groups in total. The summed E-state index contributed by atoms with van der Waals surface area (Å²) >= 11 is 6.16. The number of hydrogen-bond acceptors (Lipinski definition) is 3. The zero-order valence-corrected chi connectivity index (χ0v) is 10.4. The quantitative estimate of drug-likeness (QED) is 0.825. The molecule has 0 aliphatic carbocycles. The SMILES string of the molecule is COCCc1nc2c(C)c(Cl)c(C)cc2o1. The summed E-state index contributed by atoms with van der Waals surface area (Å²) < 4.78 is 10.6. The molecule has 2 aromatic rings. The van der Waals surface area contributed by atoms with Crippen molar-refractivity contribution in [2.75, 3.05) is 13.7 Å². The highest BCUT2D eigenvalue weighted by Crippen LogP contribution is 2.29. The Hall–Kier alpha value is -1.06. The molecule has 0 fully saturated rings. The highest BCUT2D eigenvalue weighted by molar-refractivity contribution is 6.33. The van der Waals surface area contributed by atoms with Gasteiger partial charge in [-0.1, -0.05) is 11.6 Å². The van der Waals surface area contributed by atoms with E-state index in [4.69, 9.17) is 20.8 Å². The molecule has 2 rings (SSSR count). The van der Waals surface area contributed by atoms with Crippen LogP contribution in [-0.4, -0.2) is 18.7 Å². The highest BCUT2D eigenvalue weighted by atomic mass is 35.5. The summed E-state index contributed by atoms with van der Waals surface area (Å²) in [6.45, 7) is 4.53. The predicted molar refractivity (Wildman–Crippen MR) is 64.1 cm³/mol. The van der Waals surface area contributed by atoms with Crippen LogP contribution in [0.1, 0.15) is 17.0 Å². The molecule has 86 valence electrons. The Bertz CT molecular complexity index is 519. The number of aromatic nitrogens is 1. The molecule has 0 atom stereocenters. The van der Waals surface area contributed by atoms with E-state index in [0.717, 1.165) is 27.2 Å². The van der Waals surface area contributed by atoms with E-state index in [-0.39, 0.29) is 0 Å². The molecule has 1 aromatic heterocycles. The smallest absolute Gasteiger partial charge is 0.197 e. The van der Waals surface area contributed by atoms with Crippen molar-refractivity contribution in [3.05, 3.63) is 28.1 Å². The fraction of sp³-hybridized carbons (Fsp3) is 0.417. The van der Waals surface area contributed by atoms with Gasteiger partial charge < -0.3 is 9.15 Å². The van der Waals surface area contributed by atoms with Crippen LogP contribution >= 0.6 is 11.6 Å². The average molecular weight is 240 g/mol. The number of rotatable bonds is 3. The third-order valence-corrected chi connectivity index (χ3v) is 3.18. The minimum absolute atomic E-state index is 0.610. The Kier molecular flexibility index (Phi) is 3.17. The lowest BCUT2D eigenvalue weighted by atomic mass is 10.1. The number of benzene rings is 1. The molecule has 0 aliphatic rings. The first kappa shape index (κ1) is 11.4. The van der Waals surface area contributed by atoms with E-state index in [1.54, 1.807) is 7.11 Å². The van der Waals surface area contributed by atoms with Crippen molar-refractivity contribution in [3.8, 4) is 0 Å². The molecule has 16 heavy (non-hydrogen) atoms. The second-order valence-corrected chi connectivity index (χ2v) is 4.21. The number of halogens is 1. The molecule has 0 saturated heterocycles. The summed E-state index contributed by atoms with van der Waals surface area (Å²) in [5, 5.41) is 0.763. The van der Waals surface area contributed by atoms with E-state index < -0.39 is 0 Å². The molecule has 0 spiro atoms. The summed E-state index contributed by atoms with van der Waals surface area (Å²) in [5.41, 5.74) is 3.64. The highest BCUT2D eigenvalue weighted by Gasteiger charge is 2.12. The van der Waals surface area contributed by atoms with E-state index in [1.807, 2.05) is 19.9 Å². The summed E-state index contributed by atoms with van der Waals surface area (Å²) in [7, 11) is 1.66. The zero-order valence-electron chi connectivity index (χ0n) is 9.63. The zero-order chi connectivity index (χ0) is 11.7. The van der Waals surface area contributed by atoms with Gasteiger partial charge in [-0.3, -0.25) is 0 Å². The van der Waals surface area contributed by atoms with Gasteiger partial charge in [0.05, 0.1) is 6.61 Å². The standard InChI is InChI=1S/C12H14ClNO2/c1-7-6-9-12(8(2)11(7)13)14-10(16-9)4-5-15-3/h6H,4-5H2,1-3H3.